The maximum atomic E-state index is 5.00. The maximum Gasteiger partial charge on any atom is 0.131 e. The van der Waals surface area contributed by atoms with E-state index in [-0.39, 0.29) is 5.41 Å². The molecule has 2 rings (SSSR count). The monoisotopic (exact) mass is 218 g/mol. The molecule has 16 heavy (non-hydrogen) atoms. The molecule has 0 aliphatic heterocycles. The number of nitrogens with zero attached hydrogens (tertiary/aromatic N) is 1. The Balaban J connectivity index is 2.36. The number of hydrogen-bond donors (Lipinski definition) is 1. The standard InChI is InChI=1S/C13H18N2O/c1-10-6-4-5-7-11(10)13(8-9-13)12(14-2)15-16-3/h4-7H,8-9H2,1-3H3,(H,14,15). The van der Waals surface area contributed by atoms with Gasteiger partial charge in [-0.25, -0.2) is 0 Å². The Bertz CT molecular complexity index is 408. The van der Waals surface area contributed by atoms with E-state index >= 15 is 0 Å². The second-order valence-corrected chi connectivity index (χ2v) is 4.28. The van der Waals surface area contributed by atoms with Crippen LogP contribution in [0.2, 0.25) is 0 Å². The zero-order valence-corrected chi connectivity index (χ0v) is 10.1. The average molecular weight is 218 g/mol. The highest BCUT2D eigenvalue weighted by atomic mass is 16.6. The fourth-order valence-corrected chi connectivity index (χ4v) is 2.32. The summed E-state index contributed by atoms with van der Waals surface area (Å²) < 4.78 is 0. The number of hydrogen-bond acceptors (Lipinski definition) is 2. The minimum absolute atomic E-state index is 0.0656. The lowest BCUT2D eigenvalue weighted by Crippen LogP contribution is -2.34. The van der Waals surface area contributed by atoms with Crippen LogP contribution in [0, 0.1) is 6.92 Å². The Labute approximate surface area is 96.5 Å². The summed E-state index contributed by atoms with van der Waals surface area (Å²) in [6.07, 6.45) is 2.28. The van der Waals surface area contributed by atoms with Gasteiger partial charge in [0.2, 0.25) is 0 Å². The van der Waals surface area contributed by atoms with E-state index in [2.05, 4.69) is 41.7 Å². The van der Waals surface area contributed by atoms with Crippen LogP contribution in [0.15, 0.2) is 29.3 Å². The van der Waals surface area contributed by atoms with Crippen molar-refractivity contribution in [1.82, 2.24) is 5.48 Å². The third kappa shape index (κ3) is 1.71. The summed E-state index contributed by atoms with van der Waals surface area (Å²) in [5.74, 6) is 0.935. The largest absolute Gasteiger partial charge is 0.278 e. The molecule has 0 unspecified atom stereocenters. The zero-order valence-electron chi connectivity index (χ0n) is 10.1. The van der Waals surface area contributed by atoms with Crippen LogP contribution in [-0.2, 0) is 10.3 Å². The molecule has 0 aromatic heterocycles. The molecule has 0 saturated heterocycles. The van der Waals surface area contributed by atoms with E-state index in [0.29, 0.717) is 0 Å². The van der Waals surface area contributed by atoms with Crippen LogP contribution in [0.1, 0.15) is 24.0 Å². The van der Waals surface area contributed by atoms with Crippen molar-refractivity contribution >= 4 is 5.84 Å². The molecule has 1 aliphatic carbocycles. The Morgan fingerprint density at radius 2 is 2.06 bits per heavy atom. The molecule has 0 atom stereocenters. The highest BCUT2D eigenvalue weighted by Crippen LogP contribution is 2.49. The van der Waals surface area contributed by atoms with E-state index < -0.39 is 0 Å². The van der Waals surface area contributed by atoms with Crippen molar-refractivity contribution in [2.75, 3.05) is 14.2 Å². The Kier molecular flexibility index (Phi) is 2.97. The number of amidine groups is 1. The SMILES string of the molecule is CN=C(NOC)C1(c2ccccc2C)CC1. The lowest BCUT2D eigenvalue weighted by molar-refractivity contribution is 0.141. The molecule has 1 aromatic rings. The average Bonchev–Trinajstić information content (AvgIpc) is 3.08. The summed E-state index contributed by atoms with van der Waals surface area (Å²) in [4.78, 5) is 9.31. The fraction of sp³-hybridized carbons (Fsp3) is 0.462. The molecular formula is C13H18N2O. The lowest BCUT2D eigenvalue weighted by atomic mass is 9.91. The summed E-state index contributed by atoms with van der Waals surface area (Å²) in [6.45, 7) is 2.15. The molecule has 1 N–H and O–H groups in total. The molecular weight excluding hydrogens is 200 g/mol. The smallest absolute Gasteiger partial charge is 0.131 e. The summed E-state index contributed by atoms with van der Waals surface area (Å²) in [5.41, 5.74) is 5.66. The van der Waals surface area contributed by atoms with Crippen molar-refractivity contribution < 1.29 is 4.84 Å². The Hall–Kier alpha value is -1.35. The predicted molar refractivity (Wildman–Crippen MR) is 65.6 cm³/mol. The van der Waals surface area contributed by atoms with Crippen LogP contribution in [0.25, 0.3) is 0 Å². The first-order chi connectivity index (χ1) is 7.74. The van der Waals surface area contributed by atoms with Crippen molar-refractivity contribution in [3.05, 3.63) is 35.4 Å². The number of aryl methyl sites for hydroxylation is 1. The van der Waals surface area contributed by atoms with Crippen molar-refractivity contribution in [2.45, 2.75) is 25.2 Å². The fourth-order valence-electron chi connectivity index (χ4n) is 2.32. The topological polar surface area (TPSA) is 33.6 Å². The highest BCUT2D eigenvalue weighted by Gasteiger charge is 2.49. The van der Waals surface area contributed by atoms with Gasteiger partial charge < -0.3 is 0 Å². The first kappa shape index (κ1) is 11.1. The number of nitrogens with one attached hydrogen (secondary N) is 1. The quantitative estimate of drug-likeness (QED) is 0.479. The van der Waals surface area contributed by atoms with Gasteiger partial charge in [0.25, 0.3) is 0 Å². The molecule has 0 radical (unpaired) electrons. The Morgan fingerprint density at radius 1 is 1.38 bits per heavy atom. The minimum Gasteiger partial charge on any atom is -0.278 e. The van der Waals surface area contributed by atoms with Gasteiger partial charge in [0, 0.05) is 7.05 Å². The third-order valence-corrected chi connectivity index (χ3v) is 3.29. The second kappa shape index (κ2) is 4.26. The predicted octanol–water partition coefficient (Wildman–Crippen LogP) is 2.21. The summed E-state index contributed by atoms with van der Waals surface area (Å²) in [7, 11) is 3.43. The molecule has 1 fully saturated rings. The summed E-state index contributed by atoms with van der Waals surface area (Å²) >= 11 is 0. The van der Waals surface area contributed by atoms with Gasteiger partial charge in [-0.3, -0.25) is 15.3 Å². The minimum atomic E-state index is 0.0656. The van der Waals surface area contributed by atoms with E-state index in [1.165, 1.54) is 11.1 Å². The maximum absolute atomic E-state index is 5.00. The van der Waals surface area contributed by atoms with Crippen molar-refractivity contribution in [3.8, 4) is 0 Å². The van der Waals surface area contributed by atoms with Gasteiger partial charge in [0.1, 0.15) is 5.84 Å². The van der Waals surface area contributed by atoms with Crippen LogP contribution < -0.4 is 5.48 Å². The van der Waals surface area contributed by atoms with Crippen LogP contribution in [0.3, 0.4) is 0 Å². The lowest BCUT2D eigenvalue weighted by Gasteiger charge is -2.20. The van der Waals surface area contributed by atoms with Gasteiger partial charge in [-0.1, -0.05) is 24.3 Å². The van der Waals surface area contributed by atoms with Gasteiger partial charge in [-0.05, 0) is 30.9 Å². The molecule has 3 heteroatoms. The van der Waals surface area contributed by atoms with Gasteiger partial charge in [0.05, 0.1) is 12.5 Å². The highest BCUT2D eigenvalue weighted by molar-refractivity contribution is 5.95. The summed E-state index contributed by atoms with van der Waals surface area (Å²) in [6, 6.07) is 8.49. The van der Waals surface area contributed by atoms with Crippen LogP contribution >= 0.6 is 0 Å². The van der Waals surface area contributed by atoms with Crippen LogP contribution in [-0.4, -0.2) is 20.0 Å². The number of aliphatic imine (C=N–C) groups is 1. The number of benzene rings is 1. The molecule has 0 bridgehead atoms. The molecule has 3 nitrogen and oxygen atoms in total. The van der Waals surface area contributed by atoms with E-state index in [1.807, 2.05) is 0 Å². The van der Waals surface area contributed by atoms with Crippen molar-refractivity contribution in [2.24, 2.45) is 4.99 Å². The molecule has 86 valence electrons. The van der Waals surface area contributed by atoms with Gasteiger partial charge in [-0.2, -0.15) is 0 Å². The summed E-state index contributed by atoms with van der Waals surface area (Å²) in [5, 5.41) is 0. The zero-order chi connectivity index (χ0) is 11.6. The molecule has 1 aromatic carbocycles. The van der Waals surface area contributed by atoms with E-state index in [9.17, 15) is 0 Å². The van der Waals surface area contributed by atoms with Gasteiger partial charge >= 0.3 is 0 Å². The van der Waals surface area contributed by atoms with Crippen molar-refractivity contribution in [1.29, 1.82) is 0 Å². The number of hydroxylamine groups is 1. The Morgan fingerprint density at radius 3 is 2.56 bits per heavy atom. The van der Waals surface area contributed by atoms with Crippen LogP contribution in [0.4, 0.5) is 0 Å². The number of rotatable bonds is 3. The molecule has 1 saturated carbocycles. The molecule has 1 aliphatic rings. The van der Waals surface area contributed by atoms with E-state index in [4.69, 9.17) is 4.84 Å². The normalized spacial score (nSPS) is 18.3. The first-order valence-corrected chi connectivity index (χ1v) is 5.57. The van der Waals surface area contributed by atoms with Gasteiger partial charge in [-0.15, -0.1) is 0 Å². The third-order valence-electron chi connectivity index (χ3n) is 3.29. The van der Waals surface area contributed by atoms with E-state index in [0.717, 1.165) is 18.7 Å². The first-order valence-electron chi connectivity index (χ1n) is 5.57. The van der Waals surface area contributed by atoms with Crippen LogP contribution in [0.5, 0.6) is 0 Å². The van der Waals surface area contributed by atoms with E-state index in [1.54, 1.807) is 14.2 Å². The molecule has 0 spiro atoms. The molecule has 0 amide bonds. The second-order valence-electron chi connectivity index (χ2n) is 4.28. The van der Waals surface area contributed by atoms with Crippen molar-refractivity contribution in [3.63, 3.8) is 0 Å². The molecule has 0 heterocycles. The van der Waals surface area contributed by atoms with Gasteiger partial charge in [0.15, 0.2) is 0 Å².